The van der Waals surface area contributed by atoms with E-state index in [4.69, 9.17) is 21.1 Å². The summed E-state index contributed by atoms with van der Waals surface area (Å²) in [6.45, 7) is 0. The van der Waals surface area contributed by atoms with E-state index < -0.39 is 5.91 Å². The molecule has 0 unspecified atom stereocenters. The zero-order chi connectivity index (χ0) is 21.5. The van der Waals surface area contributed by atoms with Gasteiger partial charge in [-0.3, -0.25) is 4.79 Å². The predicted octanol–water partition coefficient (Wildman–Crippen LogP) is 5.32. The Morgan fingerprint density at radius 1 is 0.839 bits per heavy atom. The number of rotatable bonds is 4. The summed E-state index contributed by atoms with van der Waals surface area (Å²) in [5.74, 6) is -0.571. The van der Waals surface area contributed by atoms with Gasteiger partial charge in [0.2, 0.25) is 5.76 Å². The summed E-state index contributed by atoms with van der Waals surface area (Å²) in [4.78, 5) is 21.2. The average molecular weight is 433 g/mol. The van der Waals surface area contributed by atoms with Gasteiger partial charge in [-0.15, -0.1) is 0 Å². The fraction of sp³-hybridized carbons (Fsp3) is 0. The number of amides is 1. The Bertz CT molecular complexity index is 1140. The lowest BCUT2D eigenvalue weighted by Crippen LogP contribution is -2.22. The van der Waals surface area contributed by atoms with Crippen LogP contribution in [0.5, 0.6) is 0 Å². The van der Waals surface area contributed by atoms with Gasteiger partial charge in [0.25, 0.3) is 5.91 Å². The maximum Gasteiger partial charge on any atom is 0.402 e. The van der Waals surface area contributed by atoms with Crippen LogP contribution in [0.2, 0.25) is 5.02 Å². The molecule has 0 radical (unpaired) electrons. The van der Waals surface area contributed by atoms with Crippen molar-refractivity contribution < 1.29 is 14.3 Å². The molecule has 1 aliphatic heterocycles. The maximum absolute atomic E-state index is 12.7. The highest BCUT2D eigenvalue weighted by Gasteiger charge is 2.21. The molecule has 3 aromatic carbocycles. The van der Waals surface area contributed by atoms with Crippen LogP contribution < -0.4 is 10.6 Å². The van der Waals surface area contributed by atoms with Gasteiger partial charge in [-0.25, -0.2) is 4.99 Å². The second kappa shape index (κ2) is 9.60. The Labute approximate surface area is 183 Å². The first-order valence-corrected chi connectivity index (χ1v) is 9.70. The number of carbonyl (C=O) groups is 1. The van der Waals surface area contributed by atoms with E-state index in [-0.39, 0.29) is 17.9 Å². The van der Waals surface area contributed by atoms with Gasteiger partial charge in [-0.2, -0.15) is 4.99 Å². The third-order valence-electron chi connectivity index (χ3n) is 4.01. The van der Waals surface area contributed by atoms with Crippen molar-refractivity contribution in [1.29, 1.82) is 0 Å². The molecule has 1 aliphatic rings. The number of aliphatic imine (C=N–C) groups is 2. The SMILES string of the molecule is O=C(Nc1ccccc1)C1=CN=C(Nc2ccc(Cl)cc2)O/C(=N/c2ccccc2)O1. The summed E-state index contributed by atoms with van der Waals surface area (Å²) in [5.41, 5.74) is 1.90. The molecule has 0 fully saturated rings. The van der Waals surface area contributed by atoms with Gasteiger partial charge < -0.3 is 20.1 Å². The van der Waals surface area contributed by atoms with Crippen molar-refractivity contribution in [2.75, 3.05) is 10.6 Å². The molecule has 0 aliphatic carbocycles. The minimum Gasteiger partial charge on any atom is -0.403 e. The van der Waals surface area contributed by atoms with Gasteiger partial charge in [0.1, 0.15) is 0 Å². The number of ether oxygens (including phenoxy) is 2. The molecule has 31 heavy (non-hydrogen) atoms. The topological polar surface area (TPSA) is 84.3 Å². The molecule has 8 heteroatoms. The quantitative estimate of drug-likeness (QED) is 0.584. The zero-order valence-electron chi connectivity index (χ0n) is 16.2. The van der Waals surface area contributed by atoms with E-state index in [0.717, 1.165) is 0 Å². The Hall–Kier alpha value is -4.10. The van der Waals surface area contributed by atoms with Crippen LogP contribution in [0.3, 0.4) is 0 Å². The van der Waals surface area contributed by atoms with Gasteiger partial charge in [0, 0.05) is 16.4 Å². The lowest BCUT2D eigenvalue weighted by Gasteiger charge is -2.11. The van der Waals surface area contributed by atoms with Gasteiger partial charge in [-0.1, -0.05) is 48.0 Å². The fourth-order valence-corrected chi connectivity index (χ4v) is 2.68. The molecule has 0 aromatic heterocycles. The van der Waals surface area contributed by atoms with Crippen molar-refractivity contribution in [3.63, 3.8) is 0 Å². The molecule has 0 spiro atoms. The van der Waals surface area contributed by atoms with Crippen molar-refractivity contribution in [2.45, 2.75) is 0 Å². The molecule has 0 saturated heterocycles. The summed E-state index contributed by atoms with van der Waals surface area (Å²) < 4.78 is 11.3. The largest absolute Gasteiger partial charge is 0.403 e. The standard InChI is InChI=1S/C23H17ClN4O3/c24-16-11-13-19(14-12-16)27-22-25-15-20(21(29)26-17-7-3-1-4-8-17)30-23(31-22)28-18-9-5-2-6-10-18/h1-15H,(H,25,27)(H,26,29)/b28-23+. The zero-order valence-corrected chi connectivity index (χ0v) is 16.9. The molecule has 0 saturated carbocycles. The Kier molecular flexibility index (Phi) is 6.25. The molecular weight excluding hydrogens is 416 g/mol. The van der Waals surface area contributed by atoms with Crippen molar-refractivity contribution >= 4 is 46.7 Å². The molecule has 3 aromatic rings. The smallest absolute Gasteiger partial charge is 0.402 e. The predicted molar refractivity (Wildman–Crippen MR) is 121 cm³/mol. The first kappa shape index (κ1) is 20.2. The Morgan fingerprint density at radius 3 is 2.23 bits per heavy atom. The van der Waals surface area contributed by atoms with E-state index >= 15 is 0 Å². The Balaban J connectivity index is 1.61. The molecule has 7 nitrogen and oxygen atoms in total. The lowest BCUT2D eigenvalue weighted by molar-refractivity contribution is -0.115. The van der Waals surface area contributed by atoms with Crippen molar-refractivity contribution in [1.82, 2.24) is 0 Å². The normalized spacial score (nSPS) is 14.4. The number of hydrogen-bond acceptors (Lipinski definition) is 6. The van der Waals surface area contributed by atoms with Gasteiger partial charge in [0.15, 0.2) is 0 Å². The molecule has 1 heterocycles. The summed E-state index contributed by atoms with van der Waals surface area (Å²) in [5, 5.41) is 6.35. The number of nitrogens with zero attached hydrogens (tertiary/aromatic N) is 2. The van der Waals surface area contributed by atoms with E-state index in [1.165, 1.54) is 6.20 Å². The van der Waals surface area contributed by atoms with E-state index in [9.17, 15) is 4.79 Å². The number of hydrogen-bond donors (Lipinski definition) is 2. The van der Waals surface area contributed by atoms with E-state index in [1.54, 1.807) is 48.5 Å². The number of benzene rings is 3. The van der Waals surface area contributed by atoms with Crippen molar-refractivity contribution in [3.8, 4) is 0 Å². The van der Waals surface area contributed by atoms with E-state index in [1.807, 2.05) is 36.4 Å². The molecule has 4 rings (SSSR count). The number of nitrogens with one attached hydrogen (secondary N) is 2. The minimum absolute atomic E-state index is 0.0774. The summed E-state index contributed by atoms with van der Waals surface area (Å²) in [6.07, 6.45) is 1.11. The van der Waals surface area contributed by atoms with Crippen LogP contribution in [-0.2, 0) is 14.3 Å². The van der Waals surface area contributed by atoms with Crippen LogP contribution in [0.4, 0.5) is 17.1 Å². The van der Waals surface area contributed by atoms with Gasteiger partial charge >= 0.3 is 12.1 Å². The Morgan fingerprint density at radius 2 is 1.52 bits per heavy atom. The molecular formula is C23H17ClN4O3. The third kappa shape index (κ3) is 5.71. The number of para-hydroxylation sites is 2. The minimum atomic E-state index is -0.493. The van der Waals surface area contributed by atoms with Crippen molar-refractivity contribution in [3.05, 3.63) is 102 Å². The van der Waals surface area contributed by atoms with Crippen LogP contribution >= 0.6 is 11.6 Å². The average Bonchev–Trinajstić information content (AvgIpc) is 2.99. The molecule has 1 amide bonds. The second-order valence-electron chi connectivity index (χ2n) is 6.30. The first-order valence-electron chi connectivity index (χ1n) is 9.32. The van der Waals surface area contributed by atoms with Crippen LogP contribution in [0, 0.1) is 0 Å². The van der Waals surface area contributed by atoms with Crippen LogP contribution in [0.25, 0.3) is 0 Å². The van der Waals surface area contributed by atoms with Crippen LogP contribution in [0.1, 0.15) is 0 Å². The van der Waals surface area contributed by atoms with Crippen molar-refractivity contribution in [2.24, 2.45) is 9.98 Å². The molecule has 2 N–H and O–H groups in total. The second-order valence-corrected chi connectivity index (χ2v) is 6.73. The highest BCUT2D eigenvalue weighted by atomic mass is 35.5. The summed E-state index contributed by atoms with van der Waals surface area (Å²) in [7, 11) is 0. The van der Waals surface area contributed by atoms with Crippen LogP contribution in [0.15, 0.2) is 107 Å². The van der Waals surface area contributed by atoms with Crippen LogP contribution in [-0.4, -0.2) is 18.0 Å². The lowest BCUT2D eigenvalue weighted by atomic mass is 10.3. The molecule has 0 atom stereocenters. The highest BCUT2D eigenvalue weighted by Crippen LogP contribution is 2.18. The van der Waals surface area contributed by atoms with E-state index in [0.29, 0.717) is 22.1 Å². The summed E-state index contributed by atoms with van der Waals surface area (Å²) in [6, 6.07) is 25.2. The first-order chi connectivity index (χ1) is 15.2. The third-order valence-corrected chi connectivity index (χ3v) is 4.26. The highest BCUT2D eigenvalue weighted by molar-refractivity contribution is 6.30. The monoisotopic (exact) mass is 432 g/mol. The maximum atomic E-state index is 12.7. The van der Waals surface area contributed by atoms with Gasteiger partial charge in [-0.05, 0) is 48.5 Å². The number of amidine groups is 1. The number of carbonyl (C=O) groups excluding carboxylic acids is 1. The van der Waals surface area contributed by atoms with E-state index in [2.05, 4.69) is 20.6 Å². The molecule has 154 valence electrons. The number of anilines is 2. The van der Waals surface area contributed by atoms with Gasteiger partial charge in [0.05, 0.1) is 11.9 Å². The summed E-state index contributed by atoms with van der Waals surface area (Å²) >= 11 is 5.93. The fourth-order valence-electron chi connectivity index (χ4n) is 2.55. The molecule has 0 bridgehead atoms. The number of halogens is 1.